The second-order valence-corrected chi connectivity index (χ2v) is 5.32. The van der Waals surface area contributed by atoms with Crippen molar-refractivity contribution < 1.29 is 9.47 Å². The molecular formula is C15H22ClNO2. The van der Waals surface area contributed by atoms with Crippen LogP contribution < -0.4 is 10.1 Å². The van der Waals surface area contributed by atoms with Gasteiger partial charge in [-0.3, -0.25) is 0 Å². The van der Waals surface area contributed by atoms with Crippen LogP contribution in [0, 0.1) is 6.92 Å². The van der Waals surface area contributed by atoms with E-state index in [0.29, 0.717) is 17.7 Å². The summed E-state index contributed by atoms with van der Waals surface area (Å²) in [7, 11) is 0. The van der Waals surface area contributed by atoms with Gasteiger partial charge in [0.25, 0.3) is 0 Å². The van der Waals surface area contributed by atoms with Crippen LogP contribution in [-0.2, 0) is 4.74 Å². The number of aryl methyl sites for hydroxylation is 1. The highest BCUT2D eigenvalue weighted by Crippen LogP contribution is 2.33. The van der Waals surface area contributed by atoms with E-state index in [0.717, 1.165) is 24.3 Å². The van der Waals surface area contributed by atoms with Crippen molar-refractivity contribution in [1.82, 2.24) is 5.32 Å². The van der Waals surface area contributed by atoms with Crippen molar-refractivity contribution in [2.24, 2.45) is 0 Å². The minimum Gasteiger partial charge on any atom is -0.486 e. The first-order valence-corrected chi connectivity index (χ1v) is 7.31. The highest BCUT2D eigenvalue weighted by molar-refractivity contribution is 6.32. The third-order valence-corrected chi connectivity index (χ3v) is 3.75. The normalized spacial score (nSPS) is 26.0. The highest BCUT2D eigenvalue weighted by Gasteiger charge is 2.43. The molecule has 19 heavy (non-hydrogen) atoms. The minimum absolute atomic E-state index is 0.0864. The van der Waals surface area contributed by atoms with Crippen LogP contribution in [0.4, 0.5) is 0 Å². The summed E-state index contributed by atoms with van der Waals surface area (Å²) in [6, 6.07) is 6.23. The van der Waals surface area contributed by atoms with Crippen LogP contribution in [0.1, 0.15) is 25.8 Å². The summed E-state index contributed by atoms with van der Waals surface area (Å²) in [5.41, 5.74) is 1.15. The quantitative estimate of drug-likeness (QED) is 0.870. The maximum absolute atomic E-state index is 6.16. The molecule has 0 heterocycles. The zero-order valence-electron chi connectivity index (χ0n) is 11.8. The van der Waals surface area contributed by atoms with Gasteiger partial charge in [-0.1, -0.05) is 24.6 Å². The Bertz CT molecular complexity index is 425. The molecule has 1 saturated carbocycles. The van der Waals surface area contributed by atoms with E-state index in [1.165, 1.54) is 0 Å². The topological polar surface area (TPSA) is 30.5 Å². The number of nitrogens with one attached hydrogen (secondary N) is 1. The molecule has 1 aromatic carbocycles. The summed E-state index contributed by atoms with van der Waals surface area (Å²) in [5, 5.41) is 4.08. The molecule has 0 aliphatic heterocycles. The summed E-state index contributed by atoms with van der Waals surface area (Å²) in [4.78, 5) is 0. The van der Waals surface area contributed by atoms with Crippen LogP contribution in [0.2, 0.25) is 5.02 Å². The molecule has 0 saturated heterocycles. The van der Waals surface area contributed by atoms with E-state index in [2.05, 4.69) is 12.2 Å². The van der Waals surface area contributed by atoms with E-state index >= 15 is 0 Å². The Kier molecular flexibility index (Phi) is 5.08. The average molecular weight is 284 g/mol. The number of hydrogen-bond acceptors (Lipinski definition) is 3. The number of hydrogen-bond donors (Lipinski definition) is 1. The maximum atomic E-state index is 6.16. The molecule has 1 aliphatic carbocycles. The molecule has 1 fully saturated rings. The van der Waals surface area contributed by atoms with E-state index in [4.69, 9.17) is 21.1 Å². The van der Waals surface area contributed by atoms with Gasteiger partial charge in [0.05, 0.1) is 5.02 Å². The van der Waals surface area contributed by atoms with Crippen LogP contribution >= 0.6 is 11.6 Å². The van der Waals surface area contributed by atoms with Crippen LogP contribution in [0.3, 0.4) is 0 Å². The van der Waals surface area contributed by atoms with Gasteiger partial charge in [-0.05, 0) is 38.1 Å². The van der Waals surface area contributed by atoms with Gasteiger partial charge in [0.2, 0.25) is 0 Å². The van der Waals surface area contributed by atoms with E-state index < -0.39 is 0 Å². The predicted molar refractivity (Wildman–Crippen MR) is 78.1 cm³/mol. The lowest BCUT2D eigenvalue weighted by Gasteiger charge is -2.44. The molecule has 0 radical (unpaired) electrons. The zero-order chi connectivity index (χ0) is 13.8. The van der Waals surface area contributed by atoms with Gasteiger partial charge in [-0.2, -0.15) is 0 Å². The summed E-state index contributed by atoms with van der Waals surface area (Å²) < 4.78 is 11.8. The maximum Gasteiger partial charge on any atom is 0.138 e. The van der Waals surface area contributed by atoms with Crippen molar-refractivity contribution in [2.45, 2.75) is 45.4 Å². The van der Waals surface area contributed by atoms with E-state index in [9.17, 15) is 0 Å². The van der Waals surface area contributed by atoms with Crippen LogP contribution in [-0.4, -0.2) is 31.4 Å². The Morgan fingerprint density at radius 3 is 2.84 bits per heavy atom. The van der Waals surface area contributed by atoms with Gasteiger partial charge in [0.1, 0.15) is 18.0 Å². The molecule has 1 N–H and O–H groups in total. The molecule has 0 amide bonds. The van der Waals surface area contributed by atoms with E-state index in [-0.39, 0.29) is 12.2 Å². The van der Waals surface area contributed by atoms with Crippen molar-refractivity contribution >= 4 is 11.6 Å². The standard InChI is InChI=1S/C15H22ClNO2/c1-4-17-12-9-14(15(12)18-5-2)19-13-8-10(3)6-7-11(13)16/h6-8,12,14-15,17H,4-5,9H2,1-3H3. The first kappa shape index (κ1) is 14.6. The van der Waals surface area contributed by atoms with Crippen molar-refractivity contribution in [3.63, 3.8) is 0 Å². The Balaban J connectivity index is 2.00. The largest absolute Gasteiger partial charge is 0.486 e. The SMILES string of the molecule is CCNC1CC(Oc2cc(C)ccc2Cl)C1OCC. The van der Waals surface area contributed by atoms with Crippen molar-refractivity contribution in [2.75, 3.05) is 13.2 Å². The van der Waals surface area contributed by atoms with Gasteiger partial charge in [-0.15, -0.1) is 0 Å². The molecule has 3 atom stereocenters. The third kappa shape index (κ3) is 3.41. The number of ether oxygens (including phenoxy) is 2. The number of halogens is 1. The summed E-state index contributed by atoms with van der Waals surface area (Å²) in [6.07, 6.45) is 1.16. The first-order chi connectivity index (χ1) is 9.15. The molecule has 0 aromatic heterocycles. The van der Waals surface area contributed by atoms with Gasteiger partial charge >= 0.3 is 0 Å². The lowest BCUT2D eigenvalue weighted by Crippen LogP contribution is -2.61. The molecule has 2 rings (SSSR count). The predicted octanol–water partition coefficient (Wildman–Crippen LogP) is 3.18. The Hall–Kier alpha value is -0.770. The Morgan fingerprint density at radius 2 is 2.16 bits per heavy atom. The number of rotatable bonds is 6. The molecule has 106 valence electrons. The molecule has 1 aliphatic rings. The Labute approximate surface area is 120 Å². The van der Waals surface area contributed by atoms with Crippen molar-refractivity contribution in [1.29, 1.82) is 0 Å². The van der Waals surface area contributed by atoms with Crippen LogP contribution in [0.5, 0.6) is 5.75 Å². The second kappa shape index (κ2) is 6.60. The molecule has 3 nitrogen and oxygen atoms in total. The molecule has 4 heteroatoms. The fraction of sp³-hybridized carbons (Fsp3) is 0.600. The third-order valence-electron chi connectivity index (χ3n) is 3.44. The second-order valence-electron chi connectivity index (χ2n) is 4.91. The Morgan fingerprint density at radius 1 is 1.37 bits per heavy atom. The van der Waals surface area contributed by atoms with E-state index in [1.54, 1.807) is 0 Å². The van der Waals surface area contributed by atoms with Crippen molar-refractivity contribution in [3.05, 3.63) is 28.8 Å². The fourth-order valence-corrected chi connectivity index (χ4v) is 2.60. The van der Waals surface area contributed by atoms with Crippen molar-refractivity contribution in [3.8, 4) is 5.75 Å². The fourth-order valence-electron chi connectivity index (χ4n) is 2.44. The lowest BCUT2D eigenvalue weighted by atomic mass is 9.85. The molecule has 0 bridgehead atoms. The zero-order valence-corrected chi connectivity index (χ0v) is 12.5. The minimum atomic E-state index is 0.0864. The van der Waals surface area contributed by atoms with Crippen LogP contribution in [0.25, 0.3) is 0 Å². The first-order valence-electron chi connectivity index (χ1n) is 6.93. The van der Waals surface area contributed by atoms with E-state index in [1.807, 2.05) is 32.0 Å². The molecule has 1 aromatic rings. The van der Waals surface area contributed by atoms with Gasteiger partial charge in [-0.25, -0.2) is 0 Å². The molecule has 0 spiro atoms. The number of benzene rings is 1. The smallest absolute Gasteiger partial charge is 0.138 e. The molecular weight excluding hydrogens is 262 g/mol. The molecule has 3 unspecified atom stereocenters. The van der Waals surface area contributed by atoms with Crippen LogP contribution in [0.15, 0.2) is 18.2 Å². The highest BCUT2D eigenvalue weighted by atomic mass is 35.5. The van der Waals surface area contributed by atoms with Gasteiger partial charge in [0.15, 0.2) is 0 Å². The summed E-state index contributed by atoms with van der Waals surface area (Å²) in [5.74, 6) is 0.756. The summed E-state index contributed by atoms with van der Waals surface area (Å²) in [6.45, 7) is 7.80. The summed E-state index contributed by atoms with van der Waals surface area (Å²) >= 11 is 6.16. The van der Waals surface area contributed by atoms with Gasteiger partial charge < -0.3 is 14.8 Å². The van der Waals surface area contributed by atoms with Gasteiger partial charge in [0, 0.05) is 19.1 Å². The average Bonchev–Trinajstić information content (AvgIpc) is 2.38. The monoisotopic (exact) mass is 283 g/mol. The number of likely N-dealkylation sites (N-methyl/N-ethyl adjacent to an activating group) is 1. The lowest BCUT2D eigenvalue weighted by molar-refractivity contribution is -0.104.